The van der Waals surface area contributed by atoms with Crippen molar-refractivity contribution >= 4 is 17.7 Å². The quantitative estimate of drug-likeness (QED) is 0.472. The lowest BCUT2D eigenvalue weighted by Crippen LogP contribution is -1.98. The molecule has 5 nitrogen and oxygen atoms in total. The van der Waals surface area contributed by atoms with Crippen LogP contribution in [0.15, 0.2) is 18.2 Å². The van der Waals surface area contributed by atoms with Crippen molar-refractivity contribution in [1.29, 1.82) is 0 Å². The standard InChI is InChI=1S/C11H9F2NO4/c1-18-11(15)4-2-3-7-5-8(12)9(13)6-10(7)14(16)17/h2-3,5-6H,4H2,1H3. The van der Waals surface area contributed by atoms with Crippen molar-refractivity contribution in [2.75, 3.05) is 7.11 Å². The first-order chi connectivity index (χ1) is 8.45. The van der Waals surface area contributed by atoms with Crippen molar-refractivity contribution in [3.8, 4) is 0 Å². The van der Waals surface area contributed by atoms with Crippen molar-refractivity contribution in [1.82, 2.24) is 0 Å². The molecular weight excluding hydrogens is 248 g/mol. The van der Waals surface area contributed by atoms with Crippen LogP contribution in [0.5, 0.6) is 0 Å². The third-order valence-electron chi connectivity index (χ3n) is 2.08. The van der Waals surface area contributed by atoms with E-state index < -0.39 is 28.2 Å². The number of benzene rings is 1. The number of carbonyl (C=O) groups is 1. The minimum atomic E-state index is -1.30. The topological polar surface area (TPSA) is 69.4 Å². The highest BCUT2D eigenvalue weighted by Crippen LogP contribution is 2.23. The normalized spacial score (nSPS) is 10.6. The van der Waals surface area contributed by atoms with E-state index in [1.54, 1.807) is 0 Å². The fourth-order valence-corrected chi connectivity index (χ4v) is 1.21. The first kappa shape index (κ1) is 13.8. The van der Waals surface area contributed by atoms with Gasteiger partial charge in [-0.05, 0) is 6.07 Å². The van der Waals surface area contributed by atoms with Crippen molar-refractivity contribution in [2.45, 2.75) is 6.42 Å². The molecule has 0 aliphatic rings. The van der Waals surface area contributed by atoms with Crippen LogP contribution in [-0.2, 0) is 9.53 Å². The number of nitrogens with zero attached hydrogens (tertiary/aromatic N) is 1. The molecule has 0 saturated carbocycles. The second-order valence-corrected chi connectivity index (χ2v) is 3.26. The second-order valence-electron chi connectivity index (χ2n) is 3.26. The van der Waals surface area contributed by atoms with Crippen LogP contribution in [0.3, 0.4) is 0 Å². The predicted octanol–water partition coefficient (Wildman–Crippen LogP) is 2.45. The van der Waals surface area contributed by atoms with Crippen LogP contribution >= 0.6 is 0 Å². The lowest BCUT2D eigenvalue weighted by Gasteiger charge is -1.99. The van der Waals surface area contributed by atoms with Crippen LogP contribution in [0.25, 0.3) is 6.08 Å². The van der Waals surface area contributed by atoms with Crippen LogP contribution in [0.4, 0.5) is 14.5 Å². The van der Waals surface area contributed by atoms with Gasteiger partial charge in [0.1, 0.15) is 0 Å². The molecule has 0 bridgehead atoms. The number of ether oxygens (including phenoxy) is 1. The zero-order valence-electron chi connectivity index (χ0n) is 9.35. The molecule has 96 valence electrons. The maximum Gasteiger partial charge on any atom is 0.309 e. The molecule has 0 aliphatic carbocycles. The van der Waals surface area contributed by atoms with Crippen molar-refractivity contribution in [2.24, 2.45) is 0 Å². The SMILES string of the molecule is COC(=O)CC=Cc1cc(F)c(F)cc1[N+](=O)[O-]. The van der Waals surface area contributed by atoms with E-state index in [1.165, 1.54) is 13.2 Å². The molecule has 0 heterocycles. The maximum atomic E-state index is 13.0. The summed E-state index contributed by atoms with van der Waals surface area (Å²) in [7, 11) is 1.19. The highest BCUT2D eigenvalue weighted by molar-refractivity contribution is 5.73. The summed E-state index contributed by atoms with van der Waals surface area (Å²) >= 11 is 0. The number of halogens is 2. The number of nitro groups is 1. The summed E-state index contributed by atoms with van der Waals surface area (Å²) in [5.41, 5.74) is -0.696. The first-order valence-electron chi connectivity index (χ1n) is 4.82. The van der Waals surface area contributed by atoms with Crippen LogP contribution in [0.2, 0.25) is 0 Å². The number of methoxy groups -OCH3 is 1. The van der Waals surface area contributed by atoms with E-state index in [0.717, 1.165) is 6.08 Å². The zero-order valence-corrected chi connectivity index (χ0v) is 9.35. The smallest absolute Gasteiger partial charge is 0.309 e. The molecule has 0 amide bonds. The summed E-state index contributed by atoms with van der Waals surface area (Å²) in [5.74, 6) is -3.04. The van der Waals surface area contributed by atoms with Crippen LogP contribution in [0, 0.1) is 21.7 Å². The van der Waals surface area contributed by atoms with E-state index in [9.17, 15) is 23.7 Å². The van der Waals surface area contributed by atoms with Crippen LogP contribution in [0.1, 0.15) is 12.0 Å². The Morgan fingerprint density at radius 1 is 1.44 bits per heavy atom. The largest absolute Gasteiger partial charge is 0.469 e. The van der Waals surface area contributed by atoms with Crippen LogP contribution < -0.4 is 0 Å². The van der Waals surface area contributed by atoms with Crippen molar-refractivity contribution < 1.29 is 23.2 Å². The molecule has 1 aromatic rings. The molecule has 0 fully saturated rings. The van der Waals surface area contributed by atoms with E-state index in [1.807, 2.05) is 0 Å². The highest BCUT2D eigenvalue weighted by atomic mass is 19.2. The van der Waals surface area contributed by atoms with Crippen LogP contribution in [-0.4, -0.2) is 18.0 Å². The Labute approximate surface area is 101 Å². The van der Waals surface area contributed by atoms with Gasteiger partial charge in [0.05, 0.1) is 30.1 Å². The summed E-state index contributed by atoms with van der Waals surface area (Å²) < 4.78 is 30.1. The molecule has 0 spiro atoms. The Morgan fingerprint density at radius 2 is 2.06 bits per heavy atom. The first-order valence-corrected chi connectivity index (χ1v) is 4.82. The Bertz CT molecular complexity index is 514. The van der Waals surface area contributed by atoms with Gasteiger partial charge in [0.15, 0.2) is 11.6 Å². The van der Waals surface area contributed by atoms with Crippen molar-refractivity contribution in [3.63, 3.8) is 0 Å². The summed E-state index contributed by atoms with van der Waals surface area (Å²) in [6.45, 7) is 0. The molecule has 0 unspecified atom stereocenters. The summed E-state index contributed by atoms with van der Waals surface area (Å²) in [5, 5.41) is 10.6. The number of carbonyl (C=O) groups excluding carboxylic acids is 1. The molecule has 0 radical (unpaired) electrons. The molecule has 7 heteroatoms. The molecule has 1 rings (SSSR count). The molecule has 0 aliphatic heterocycles. The molecular formula is C11H9F2NO4. The summed E-state index contributed by atoms with van der Waals surface area (Å²) in [6.07, 6.45) is 2.32. The van der Waals surface area contributed by atoms with Gasteiger partial charge >= 0.3 is 5.97 Å². The number of hydrogen-bond acceptors (Lipinski definition) is 4. The van der Waals surface area contributed by atoms with Gasteiger partial charge in [-0.2, -0.15) is 0 Å². The van der Waals surface area contributed by atoms with Gasteiger partial charge in [-0.15, -0.1) is 0 Å². The minimum absolute atomic E-state index is 0.118. The fourth-order valence-electron chi connectivity index (χ4n) is 1.21. The highest BCUT2D eigenvalue weighted by Gasteiger charge is 2.16. The number of nitro benzene ring substituents is 1. The van der Waals surface area contributed by atoms with Gasteiger partial charge in [0, 0.05) is 0 Å². The lowest BCUT2D eigenvalue weighted by atomic mass is 10.1. The van der Waals surface area contributed by atoms with Crippen molar-refractivity contribution in [3.05, 3.63) is 45.5 Å². The van der Waals surface area contributed by atoms with Gasteiger partial charge in [-0.3, -0.25) is 14.9 Å². The van der Waals surface area contributed by atoms with E-state index in [2.05, 4.69) is 4.74 Å². The van der Waals surface area contributed by atoms with Gasteiger partial charge in [-0.1, -0.05) is 12.2 Å². The zero-order chi connectivity index (χ0) is 13.7. The third-order valence-corrected chi connectivity index (χ3v) is 2.08. The number of hydrogen-bond donors (Lipinski definition) is 0. The van der Waals surface area contributed by atoms with E-state index in [0.29, 0.717) is 12.1 Å². The van der Waals surface area contributed by atoms with E-state index in [4.69, 9.17) is 0 Å². The Morgan fingerprint density at radius 3 is 2.61 bits per heavy atom. The number of rotatable bonds is 4. The molecule has 1 aromatic carbocycles. The monoisotopic (exact) mass is 257 g/mol. The second kappa shape index (κ2) is 5.85. The van der Waals surface area contributed by atoms with Gasteiger partial charge < -0.3 is 4.74 Å². The van der Waals surface area contributed by atoms with E-state index in [-0.39, 0.29) is 12.0 Å². The Balaban J connectivity index is 3.03. The minimum Gasteiger partial charge on any atom is -0.469 e. The lowest BCUT2D eigenvalue weighted by molar-refractivity contribution is -0.385. The Hall–Kier alpha value is -2.31. The Kier molecular flexibility index (Phi) is 4.47. The molecule has 0 atom stereocenters. The van der Waals surface area contributed by atoms with E-state index >= 15 is 0 Å². The molecule has 0 aromatic heterocycles. The van der Waals surface area contributed by atoms with Gasteiger partial charge in [0.2, 0.25) is 0 Å². The average Bonchev–Trinajstić information content (AvgIpc) is 2.32. The molecule has 0 N–H and O–H groups in total. The average molecular weight is 257 g/mol. The van der Waals surface area contributed by atoms with Gasteiger partial charge in [-0.25, -0.2) is 8.78 Å². The third kappa shape index (κ3) is 3.34. The summed E-state index contributed by atoms with van der Waals surface area (Å²) in [4.78, 5) is 20.6. The predicted molar refractivity (Wildman–Crippen MR) is 58.7 cm³/mol. The maximum absolute atomic E-state index is 13.0. The van der Waals surface area contributed by atoms with Gasteiger partial charge in [0.25, 0.3) is 5.69 Å². The molecule has 0 saturated heterocycles. The number of esters is 1. The summed E-state index contributed by atoms with van der Waals surface area (Å²) in [6, 6.07) is 1.19. The fraction of sp³-hybridized carbons (Fsp3) is 0.182. The molecule has 18 heavy (non-hydrogen) atoms.